The first-order valence-electron chi connectivity index (χ1n) is 3.52. The molecule has 0 amide bonds. The molecule has 0 unspecified atom stereocenters. The van der Waals surface area contributed by atoms with Crippen molar-refractivity contribution in [2.45, 2.75) is 13.3 Å². The normalized spacial score (nSPS) is 18.3. The van der Waals surface area contributed by atoms with Gasteiger partial charge in [-0.2, -0.15) is 0 Å². The van der Waals surface area contributed by atoms with Crippen LogP contribution in [0.25, 0.3) is 0 Å². The molecule has 2 nitrogen and oxygen atoms in total. The Morgan fingerprint density at radius 3 is 3.00 bits per heavy atom. The summed E-state index contributed by atoms with van der Waals surface area (Å²) in [5.41, 5.74) is 0. The molecule has 0 spiro atoms. The maximum atomic E-state index is 3.87. The Kier molecular flexibility index (Phi) is 1.98. The van der Waals surface area contributed by atoms with Crippen LogP contribution in [0.5, 0.6) is 0 Å². The van der Waals surface area contributed by atoms with E-state index >= 15 is 0 Å². The SMILES string of the molecule is C=C1NCCN1CCC. The van der Waals surface area contributed by atoms with Gasteiger partial charge in [-0.15, -0.1) is 0 Å². The van der Waals surface area contributed by atoms with Crippen LogP contribution in [0.15, 0.2) is 12.4 Å². The van der Waals surface area contributed by atoms with E-state index in [9.17, 15) is 0 Å². The largest absolute Gasteiger partial charge is 0.370 e. The van der Waals surface area contributed by atoms with Crippen LogP contribution in [0.1, 0.15) is 13.3 Å². The molecule has 1 heterocycles. The van der Waals surface area contributed by atoms with E-state index < -0.39 is 0 Å². The molecule has 0 saturated carbocycles. The Balaban J connectivity index is 2.31. The molecule has 0 aromatic rings. The van der Waals surface area contributed by atoms with Gasteiger partial charge >= 0.3 is 0 Å². The second-order valence-electron chi connectivity index (χ2n) is 2.36. The van der Waals surface area contributed by atoms with E-state index in [0.29, 0.717) is 0 Å². The van der Waals surface area contributed by atoms with Crippen LogP contribution in [0.2, 0.25) is 0 Å². The monoisotopic (exact) mass is 126 g/mol. The predicted molar refractivity (Wildman–Crippen MR) is 39.0 cm³/mol. The minimum atomic E-state index is 1.07. The van der Waals surface area contributed by atoms with Crippen LogP contribution in [0.4, 0.5) is 0 Å². The zero-order valence-electron chi connectivity index (χ0n) is 5.98. The lowest BCUT2D eigenvalue weighted by molar-refractivity contribution is 0.396. The van der Waals surface area contributed by atoms with Gasteiger partial charge in [0, 0.05) is 19.6 Å². The molecule has 0 aromatic carbocycles. The predicted octanol–water partition coefficient (Wildman–Crippen LogP) is 0.773. The van der Waals surface area contributed by atoms with Crippen LogP contribution in [0, 0.1) is 0 Å². The van der Waals surface area contributed by atoms with Crippen molar-refractivity contribution in [1.82, 2.24) is 10.2 Å². The Labute approximate surface area is 56.5 Å². The highest BCUT2D eigenvalue weighted by molar-refractivity contribution is 4.96. The molecule has 52 valence electrons. The average molecular weight is 126 g/mol. The first kappa shape index (κ1) is 6.46. The summed E-state index contributed by atoms with van der Waals surface area (Å²) >= 11 is 0. The quantitative estimate of drug-likeness (QED) is 0.588. The minimum absolute atomic E-state index is 1.07. The summed E-state index contributed by atoms with van der Waals surface area (Å²) in [4.78, 5) is 2.28. The van der Waals surface area contributed by atoms with Gasteiger partial charge in [0.2, 0.25) is 0 Å². The summed E-state index contributed by atoms with van der Waals surface area (Å²) in [6.07, 6.45) is 1.21. The second kappa shape index (κ2) is 2.76. The molecule has 1 aliphatic rings. The lowest BCUT2D eigenvalue weighted by Gasteiger charge is -2.15. The average Bonchev–Trinajstić information content (AvgIpc) is 2.18. The highest BCUT2D eigenvalue weighted by Gasteiger charge is 2.11. The summed E-state index contributed by atoms with van der Waals surface area (Å²) in [6.45, 7) is 9.40. The lowest BCUT2D eigenvalue weighted by Crippen LogP contribution is -2.19. The Morgan fingerprint density at radius 1 is 1.78 bits per heavy atom. The van der Waals surface area contributed by atoms with Crippen LogP contribution in [0.3, 0.4) is 0 Å². The molecule has 0 aliphatic carbocycles. The molecule has 1 aliphatic heterocycles. The Hall–Kier alpha value is -0.660. The molecule has 1 fully saturated rings. The first-order valence-corrected chi connectivity index (χ1v) is 3.52. The fourth-order valence-electron chi connectivity index (χ4n) is 1.10. The number of hydrogen-bond acceptors (Lipinski definition) is 2. The molecule has 0 atom stereocenters. The number of hydrogen-bond donors (Lipinski definition) is 1. The summed E-state index contributed by atoms with van der Waals surface area (Å²) in [5.74, 6) is 1.09. The van der Waals surface area contributed by atoms with E-state index in [1.54, 1.807) is 0 Å². The molecule has 1 rings (SSSR count). The van der Waals surface area contributed by atoms with Gasteiger partial charge in [-0.25, -0.2) is 0 Å². The third-order valence-electron chi connectivity index (χ3n) is 1.59. The van der Waals surface area contributed by atoms with E-state index in [1.807, 2.05) is 0 Å². The molecule has 9 heavy (non-hydrogen) atoms. The highest BCUT2D eigenvalue weighted by Crippen LogP contribution is 2.03. The van der Waals surface area contributed by atoms with Crippen LogP contribution < -0.4 is 5.32 Å². The standard InChI is InChI=1S/C7H14N2/c1-3-5-9-6-4-8-7(9)2/h8H,2-6H2,1H3. The van der Waals surface area contributed by atoms with Gasteiger partial charge in [0.15, 0.2) is 0 Å². The number of nitrogens with one attached hydrogen (secondary N) is 1. The molecular formula is C7H14N2. The third-order valence-corrected chi connectivity index (χ3v) is 1.59. The lowest BCUT2D eigenvalue weighted by atomic mass is 10.4. The Bertz CT molecular complexity index is 109. The van der Waals surface area contributed by atoms with Crippen molar-refractivity contribution in [3.8, 4) is 0 Å². The maximum absolute atomic E-state index is 3.87. The number of rotatable bonds is 2. The van der Waals surface area contributed by atoms with Crippen molar-refractivity contribution >= 4 is 0 Å². The zero-order chi connectivity index (χ0) is 6.69. The smallest absolute Gasteiger partial charge is 0.0939 e. The Morgan fingerprint density at radius 2 is 2.56 bits per heavy atom. The molecule has 0 radical (unpaired) electrons. The van der Waals surface area contributed by atoms with Gasteiger partial charge in [-0.05, 0) is 6.42 Å². The van der Waals surface area contributed by atoms with E-state index in [2.05, 4.69) is 23.7 Å². The summed E-state index contributed by atoms with van der Waals surface area (Å²) in [7, 11) is 0. The van der Waals surface area contributed by atoms with E-state index in [4.69, 9.17) is 0 Å². The fourth-order valence-corrected chi connectivity index (χ4v) is 1.10. The van der Waals surface area contributed by atoms with Gasteiger partial charge in [0.25, 0.3) is 0 Å². The topological polar surface area (TPSA) is 15.3 Å². The van der Waals surface area contributed by atoms with E-state index in [-0.39, 0.29) is 0 Å². The van der Waals surface area contributed by atoms with Crippen LogP contribution in [-0.2, 0) is 0 Å². The summed E-state index contributed by atoms with van der Waals surface area (Å²) < 4.78 is 0. The highest BCUT2D eigenvalue weighted by atomic mass is 15.3. The third kappa shape index (κ3) is 1.37. The van der Waals surface area contributed by atoms with E-state index in [0.717, 1.165) is 25.5 Å². The van der Waals surface area contributed by atoms with E-state index in [1.165, 1.54) is 6.42 Å². The number of nitrogens with zero attached hydrogens (tertiary/aromatic N) is 1. The van der Waals surface area contributed by atoms with Gasteiger partial charge in [-0.3, -0.25) is 0 Å². The molecule has 0 bridgehead atoms. The fraction of sp³-hybridized carbons (Fsp3) is 0.714. The van der Waals surface area contributed by atoms with Crippen LogP contribution in [-0.4, -0.2) is 24.5 Å². The molecule has 0 aromatic heterocycles. The molecule has 1 N–H and O–H groups in total. The van der Waals surface area contributed by atoms with Gasteiger partial charge in [-0.1, -0.05) is 13.5 Å². The first-order chi connectivity index (χ1) is 4.34. The molecule has 2 heteroatoms. The molecular weight excluding hydrogens is 112 g/mol. The van der Waals surface area contributed by atoms with Crippen molar-refractivity contribution in [1.29, 1.82) is 0 Å². The van der Waals surface area contributed by atoms with Gasteiger partial charge < -0.3 is 10.2 Å². The van der Waals surface area contributed by atoms with Gasteiger partial charge in [0.1, 0.15) is 0 Å². The van der Waals surface area contributed by atoms with Gasteiger partial charge in [0.05, 0.1) is 5.82 Å². The van der Waals surface area contributed by atoms with Crippen LogP contribution >= 0.6 is 0 Å². The van der Waals surface area contributed by atoms with Crippen molar-refractivity contribution in [3.05, 3.63) is 12.4 Å². The van der Waals surface area contributed by atoms with Crippen molar-refractivity contribution < 1.29 is 0 Å². The van der Waals surface area contributed by atoms with Crippen molar-refractivity contribution in [2.24, 2.45) is 0 Å². The summed E-state index contributed by atoms with van der Waals surface area (Å²) in [6, 6.07) is 0. The zero-order valence-corrected chi connectivity index (χ0v) is 5.98. The van der Waals surface area contributed by atoms with Crippen molar-refractivity contribution in [3.63, 3.8) is 0 Å². The maximum Gasteiger partial charge on any atom is 0.0939 e. The molecule has 1 saturated heterocycles. The van der Waals surface area contributed by atoms with Crippen molar-refractivity contribution in [2.75, 3.05) is 19.6 Å². The minimum Gasteiger partial charge on any atom is -0.370 e. The summed E-state index contributed by atoms with van der Waals surface area (Å²) in [5, 5.41) is 3.19. The second-order valence-corrected chi connectivity index (χ2v) is 2.36.